The second-order valence-electron chi connectivity index (χ2n) is 4.33. The highest BCUT2D eigenvalue weighted by atomic mass is 35.5. The van der Waals surface area contributed by atoms with E-state index in [2.05, 4.69) is 10.1 Å². The van der Waals surface area contributed by atoms with E-state index in [1.165, 1.54) is 24.1 Å². The van der Waals surface area contributed by atoms with Crippen LogP contribution in [-0.4, -0.2) is 14.8 Å². The normalized spacial score (nSPS) is 14.6. The molecule has 0 saturated heterocycles. The summed E-state index contributed by atoms with van der Waals surface area (Å²) in [4.78, 5) is 4.24. The number of rotatable bonds is 1. The first-order chi connectivity index (χ1) is 8.24. The summed E-state index contributed by atoms with van der Waals surface area (Å²) in [6.07, 6.45) is 8.23. The molecule has 0 unspecified atom stereocenters. The van der Waals surface area contributed by atoms with Gasteiger partial charge in [0.15, 0.2) is 5.82 Å². The molecule has 5 heteroatoms. The fourth-order valence-corrected chi connectivity index (χ4v) is 2.46. The molecule has 0 amide bonds. The van der Waals surface area contributed by atoms with Crippen LogP contribution in [0.4, 0.5) is 5.69 Å². The van der Waals surface area contributed by atoms with Crippen molar-refractivity contribution in [2.24, 2.45) is 0 Å². The van der Waals surface area contributed by atoms with Gasteiger partial charge in [-0.15, -0.1) is 0 Å². The highest BCUT2D eigenvalue weighted by Crippen LogP contribution is 2.24. The Bertz CT molecular complexity index is 538. The molecule has 0 radical (unpaired) electrons. The Morgan fingerprint density at radius 3 is 2.88 bits per heavy atom. The molecule has 88 valence electrons. The van der Waals surface area contributed by atoms with Crippen molar-refractivity contribution < 1.29 is 0 Å². The van der Waals surface area contributed by atoms with E-state index in [9.17, 15) is 0 Å². The maximum atomic E-state index is 6.12. The fraction of sp³-hybridized carbons (Fsp3) is 0.333. The lowest BCUT2D eigenvalue weighted by molar-refractivity contribution is 0.670. The van der Waals surface area contributed by atoms with Crippen molar-refractivity contribution in [1.29, 1.82) is 0 Å². The van der Waals surface area contributed by atoms with Crippen molar-refractivity contribution in [3.63, 3.8) is 0 Å². The number of hydrogen-bond acceptors (Lipinski definition) is 3. The molecular weight excluding hydrogens is 236 g/mol. The number of anilines is 1. The van der Waals surface area contributed by atoms with Gasteiger partial charge in [0.25, 0.3) is 0 Å². The zero-order valence-electron chi connectivity index (χ0n) is 9.36. The number of nitrogens with zero attached hydrogens (tertiary/aromatic N) is 3. The molecule has 0 aromatic carbocycles. The van der Waals surface area contributed by atoms with Crippen molar-refractivity contribution in [2.75, 3.05) is 5.73 Å². The summed E-state index contributed by atoms with van der Waals surface area (Å²) in [6.45, 7) is 0. The Morgan fingerprint density at radius 2 is 2.12 bits per heavy atom. The van der Waals surface area contributed by atoms with Crippen LogP contribution >= 0.6 is 11.6 Å². The Labute approximate surface area is 104 Å². The Morgan fingerprint density at radius 1 is 1.29 bits per heavy atom. The van der Waals surface area contributed by atoms with Gasteiger partial charge in [-0.25, -0.2) is 9.67 Å². The van der Waals surface area contributed by atoms with Crippen LogP contribution in [-0.2, 0) is 12.8 Å². The van der Waals surface area contributed by atoms with Gasteiger partial charge in [0.2, 0.25) is 0 Å². The molecule has 1 aliphatic carbocycles. The molecule has 0 spiro atoms. The number of nitrogen functional groups attached to an aromatic ring is 1. The maximum Gasteiger partial charge on any atom is 0.172 e. The lowest BCUT2D eigenvalue weighted by Crippen LogP contribution is -2.02. The molecule has 2 heterocycles. The van der Waals surface area contributed by atoms with Gasteiger partial charge in [-0.2, -0.15) is 5.10 Å². The third-order valence-electron chi connectivity index (χ3n) is 3.05. The number of hydrogen-bond donors (Lipinski definition) is 1. The standard InChI is InChI=1S/C12H13ClN4/c13-10-5-9(14)6-15-12(10)17-7-8-3-1-2-4-11(8)16-17/h5-7H,1-4,14H2. The van der Waals surface area contributed by atoms with Crippen molar-refractivity contribution in [1.82, 2.24) is 14.8 Å². The number of aromatic nitrogens is 3. The van der Waals surface area contributed by atoms with Crippen LogP contribution in [0.1, 0.15) is 24.1 Å². The van der Waals surface area contributed by atoms with Gasteiger partial charge in [0.05, 0.1) is 22.6 Å². The van der Waals surface area contributed by atoms with Gasteiger partial charge < -0.3 is 5.73 Å². The molecule has 0 atom stereocenters. The van der Waals surface area contributed by atoms with Crippen LogP contribution in [0.15, 0.2) is 18.5 Å². The molecule has 4 nitrogen and oxygen atoms in total. The molecule has 2 N–H and O–H groups in total. The molecule has 3 rings (SSSR count). The van der Waals surface area contributed by atoms with Crippen LogP contribution in [0, 0.1) is 0 Å². The van der Waals surface area contributed by atoms with Gasteiger partial charge in [-0.3, -0.25) is 0 Å². The van der Waals surface area contributed by atoms with E-state index < -0.39 is 0 Å². The summed E-state index contributed by atoms with van der Waals surface area (Å²) in [5.74, 6) is 0.648. The smallest absolute Gasteiger partial charge is 0.172 e. The summed E-state index contributed by atoms with van der Waals surface area (Å²) in [6, 6.07) is 1.70. The predicted molar refractivity (Wildman–Crippen MR) is 67.4 cm³/mol. The van der Waals surface area contributed by atoms with E-state index in [-0.39, 0.29) is 0 Å². The monoisotopic (exact) mass is 248 g/mol. The highest BCUT2D eigenvalue weighted by molar-refractivity contribution is 6.32. The first-order valence-electron chi connectivity index (χ1n) is 5.73. The number of nitrogens with two attached hydrogens (primary N) is 1. The van der Waals surface area contributed by atoms with Crippen LogP contribution in [0.3, 0.4) is 0 Å². The van der Waals surface area contributed by atoms with Gasteiger partial charge in [-0.05, 0) is 37.3 Å². The Hall–Kier alpha value is -1.55. The lowest BCUT2D eigenvalue weighted by Gasteiger charge is -2.06. The first-order valence-corrected chi connectivity index (χ1v) is 6.10. The van der Waals surface area contributed by atoms with Crippen molar-refractivity contribution in [2.45, 2.75) is 25.7 Å². The highest BCUT2D eigenvalue weighted by Gasteiger charge is 2.15. The second kappa shape index (κ2) is 4.04. The Balaban J connectivity index is 2.06. The van der Waals surface area contributed by atoms with Gasteiger partial charge in [0, 0.05) is 6.20 Å². The van der Waals surface area contributed by atoms with E-state index in [0.717, 1.165) is 12.8 Å². The van der Waals surface area contributed by atoms with E-state index in [1.54, 1.807) is 16.9 Å². The van der Waals surface area contributed by atoms with E-state index in [0.29, 0.717) is 16.5 Å². The molecule has 17 heavy (non-hydrogen) atoms. The topological polar surface area (TPSA) is 56.7 Å². The van der Waals surface area contributed by atoms with Crippen molar-refractivity contribution >= 4 is 17.3 Å². The number of pyridine rings is 1. The van der Waals surface area contributed by atoms with Gasteiger partial charge >= 0.3 is 0 Å². The molecule has 1 aliphatic rings. The minimum atomic E-state index is 0.532. The van der Waals surface area contributed by atoms with Crippen LogP contribution in [0.5, 0.6) is 0 Å². The Kier molecular flexibility index (Phi) is 2.52. The quantitative estimate of drug-likeness (QED) is 0.843. The van der Waals surface area contributed by atoms with E-state index in [1.807, 2.05) is 6.20 Å². The molecule has 0 bridgehead atoms. The first kappa shape index (κ1) is 10.6. The van der Waals surface area contributed by atoms with Gasteiger partial charge in [-0.1, -0.05) is 11.6 Å². The molecular formula is C12H13ClN4. The summed E-state index contributed by atoms with van der Waals surface area (Å²) in [5.41, 5.74) is 8.68. The third kappa shape index (κ3) is 1.89. The predicted octanol–water partition coefficient (Wildman–Crippen LogP) is 2.38. The SMILES string of the molecule is Nc1cnc(-n2cc3c(n2)CCCC3)c(Cl)c1. The second-order valence-corrected chi connectivity index (χ2v) is 4.73. The summed E-state index contributed by atoms with van der Waals surface area (Å²) >= 11 is 6.12. The molecule has 0 fully saturated rings. The summed E-state index contributed by atoms with van der Waals surface area (Å²) in [5, 5.41) is 5.07. The largest absolute Gasteiger partial charge is 0.397 e. The molecule has 2 aromatic heterocycles. The van der Waals surface area contributed by atoms with E-state index in [4.69, 9.17) is 17.3 Å². The summed E-state index contributed by atoms with van der Waals surface area (Å²) < 4.78 is 1.76. The van der Waals surface area contributed by atoms with Crippen LogP contribution < -0.4 is 5.73 Å². The zero-order valence-corrected chi connectivity index (χ0v) is 10.1. The maximum absolute atomic E-state index is 6.12. The molecule has 0 aliphatic heterocycles. The lowest BCUT2D eigenvalue weighted by atomic mass is 9.99. The fourth-order valence-electron chi connectivity index (χ4n) is 2.20. The number of fused-ring (bicyclic) bond motifs is 1. The third-order valence-corrected chi connectivity index (χ3v) is 3.32. The zero-order chi connectivity index (χ0) is 11.8. The van der Waals surface area contributed by atoms with Crippen LogP contribution in [0.2, 0.25) is 5.02 Å². The molecule has 0 saturated carbocycles. The van der Waals surface area contributed by atoms with E-state index >= 15 is 0 Å². The average molecular weight is 249 g/mol. The van der Waals surface area contributed by atoms with Crippen molar-refractivity contribution in [3.8, 4) is 5.82 Å². The minimum absolute atomic E-state index is 0.532. The van der Waals surface area contributed by atoms with Gasteiger partial charge in [0.1, 0.15) is 0 Å². The molecule has 2 aromatic rings. The van der Waals surface area contributed by atoms with Crippen molar-refractivity contribution in [3.05, 3.63) is 34.7 Å². The summed E-state index contributed by atoms with van der Waals surface area (Å²) in [7, 11) is 0. The minimum Gasteiger partial charge on any atom is -0.397 e. The number of aryl methyl sites for hydroxylation is 2. The number of halogens is 1. The average Bonchev–Trinajstić information content (AvgIpc) is 2.72. The van der Waals surface area contributed by atoms with Crippen LogP contribution in [0.25, 0.3) is 5.82 Å².